The van der Waals surface area contributed by atoms with Gasteiger partial charge in [-0.25, -0.2) is 15.0 Å². The van der Waals surface area contributed by atoms with Crippen LogP contribution in [0.1, 0.15) is 11.1 Å². The van der Waals surface area contributed by atoms with Gasteiger partial charge < -0.3 is 0 Å². The van der Waals surface area contributed by atoms with Gasteiger partial charge in [-0.15, -0.1) is 0 Å². The van der Waals surface area contributed by atoms with Gasteiger partial charge in [0.15, 0.2) is 17.5 Å². The van der Waals surface area contributed by atoms with E-state index in [2.05, 4.69) is 36.9 Å². The van der Waals surface area contributed by atoms with E-state index in [0.29, 0.717) is 23.0 Å². The van der Waals surface area contributed by atoms with Gasteiger partial charge in [-0.3, -0.25) is 0 Å². The first kappa shape index (κ1) is 21.0. The number of nitrogens with zero attached hydrogens (tertiary/aromatic N) is 4. The molecule has 5 aromatic rings. The summed E-state index contributed by atoms with van der Waals surface area (Å²) in [7, 11) is 0. The van der Waals surface area contributed by atoms with Gasteiger partial charge in [0.1, 0.15) is 0 Å². The number of benzene rings is 4. The summed E-state index contributed by atoms with van der Waals surface area (Å²) in [5, 5.41) is 9.36. The summed E-state index contributed by atoms with van der Waals surface area (Å²) < 4.78 is 0. The zero-order chi connectivity index (χ0) is 23.3. The van der Waals surface area contributed by atoms with E-state index in [-0.39, 0.29) is 0 Å². The summed E-state index contributed by atoms with van der Waals surface area (Å²) in [6, 6.07) is 36.0. The minimum atomic E-state index is 0.545. The molecule has 0 saturated heterocycles. The molecule has 0 spiro atoms. The van der Waals surface area contributed by atoms with E-state index in [1.165, 1.54) is 0 Å². The van der Waals surface area contributed by atoms with Crippen LogP contribution in [-0.2, 0) is 0 Å². The summed E-state index contributed by atoms with van der Waals surface area (Å²) in [6.07, 6.45) is 1.67. The Morgan fingerprint density at radius 3 is 1.56 bits per heavy atom. The molecule has 4 nitrogen and oxygen atoms in total. The summed E-state index contributed by atoms with van der Waals surface area (Å²) in [5.74, 6) is 1.73. The monoisotopic (exact) mass is 436 g/mol. The van der Waals surface area contributed by atoms with Gasteiger partial charge in [-0.2, -0.15) is 5.26 Å². The molecule has 0 aliphatic rings. The van der Waals surface area contributed by atoms with E-state index in [9.17, 15) is 5.26 Å². The summed E-state index contributed by atoms with van der Waals surface area (Å²) in [5.41, 5.74) is 6.21. The predicted molar refractivity (Wildman–Crippen MR) is 136 cm³/mol. The molecule has 0 fully saturated rings. The fraction of sp³-hybridized carbons (Fsp3) is 0. The van der Waals surface area contributed by atoms with Crippen molar-refractivity contribution in [3.05, 3.63) is 121 Å². The molecule has 0 aliphatic carbocycles. The average molecular weight is 437 g/mol. The Morgan fingerprint density at radius 2 is 1.00 bits per heavy atom. The Hall–Kier alpha value is -4.88. The second-order valence-corrected chi connectivity index (χ2v) is 7.73. The van der Waals surface area contributed by atoms with Crippen molar-refractivity contribution in [1.29, 1.82) is 5.26 Å². The van der Waals surface area contributed by atoms with Crippen LogP contribution < -0.4 is 0 Å². The molecule has 0 bridgehead atoms. The molecule has 0 N–H and O–H groups in total. The van der Waals surface area contributed by atoms with E-state index in [1.54, 1.807) is 12.1 Å². The third-order valence-electron chi connectivity index (χ3n) is 5.57. The molecule has 4 heteroatoms. The lowest BCUT2D eigenvalue weighted by Gasteiger charge is -2.10. The topological polar surface area (TPSA) is 62.5 Å². The Bertz CT molecular complexity index is 1500. The second-order valence-electron chi connectivity index (χ2n) is 7.73. The van der Waals surface area contributed by atoms with E-state index < -0.39 is 0 Å². The van der Waals surface area contributed by atoms with E-state index >= 15 is 0 Å². The van der Waals surface area contributed by atoms with Crippen molar-refractivity contribution in [2.45, 2.75) is 0 Å². The normalized spacial score (nSPS) is 10.4. The lowest BCUT2D eigenvalue weighted by molar-refractivity contribution is 1.07. The molecule has 1 heterocycles. The first-order chi connectivity index (χ1) is 16.7. The fourth-order valence-corrected chi connectivity index (χ4v) is 3.77. The molecule has 0 amide bonds. The van der Waals surface area contributed by atoms with Gasteiger partial charge in [-0.1, -0.05) is 97.6 Å². The summed E-state index contributed by atoms with van der Waals surface area (Å²) in [6.45, 7) is 3.83. The highest BCUT2D eigenvalue weighted by Crippen LogP contribution is 2.28. The maximum absolute atomic E-state index is 9.36. The molecule has 1 aromatic heterocycles. The molecule has 34 heavy (non-hydrogen) atoms. The van der Waals surface area contributed by atoms with E-state index in [1.807, 2.05) is 72.8 Å². The minimum absolute atomic E-state index is 0.545. The Balaban J connectivity index is 1.63. The quantitative estimate of drug-likeness (QED) is 0.296. The third kappa shape index (κ3) is 4.23. The van der Waals surface area contributed by atoms with Gasteiger partial charge in [0, 0.05) is 16.7 Å². The van der Waals surface area contributed by atoms with Crippen LogP contribution in [0.3, 0.4) is 0 Å². The smallest absolute Gasteiger partial charge is 0.164 e. The van der Waals surface area contributed by atoms with E-state index in [0.717, 1.165) is 33.4 Å². The Morgan fingerprint density at radius 1 is 0.559 bits per heavy atom. The van der Waals surface area contributed by atoms with Crippen molar-refractivity contribution in [3.8, 4) is 51.4 Å². The highest BCUT2D eigenvalue weighted by molar-refractivity contribution is 5.72. The lowest BCUT2D eigenvalue weighted by atomic mass is 10.0. The number of rotatable bonds is 5. The van der Waals surface area contributed by atoms with Crippen LogP contribution in [0.25, 0.3) is 51.4 Å². The zero-order valence-corrected chi connectivity index (χ0v) is 18.4. The maximum atomic E-state index is 9.36. The molecule has 5 rings (SSSR count). The van der Waals surface area contributed by atoms with Gasteiger partial charge in [0.2, 0.25) is 0 Å². The van der Waals surface area contributed by atoms with Crippen molar-refractivity contribution in [2.75, 3.05) is 0 Å². The highest BCUT2D eigenvalue weighted by atomic mass is 15.0. The largest absolute Gasteiger partial charge is 0.208 e. The van der Waals surface area contributed by atoms with Gasteiger partial charge in [0.05, 0.1) is 11.6 Å². The molecular weight excluding hydrogens is 416 g/mol. The number of aromatic nitrogens is 3. The fourth-order valence-electron chi connectivity index (χ4n) is 3.77. The molecule has 4 aromatic carbocycles. The standard InChI is InChI=1S/C30H20N4/c1-2-21-19-26(17-18-27(21)20-31)30-33-28(24-11-7-4-8-12-24)32-29(34-30)25-15-13-23(14-16-25)22-9-5-3-6-10-22/h2-19H,1H2. The number of nitriles is 1. The van der Waals surface area contributed by atoms with Crippen molar-refractivity contribution >= 4 is 6.08 Å². The Labute approximate surface area is 198 Å². The van der Waals surface area contributed by atoms with Gasteiger partial charge in [-0.05, 0) is 34.9 Å². The zero-order valence-electron chi connectivity index (χ0n) is 18.4. The van der Waals surface area contributed by atoms with Crippen LogP contribution in [-0.4, -0.2) is 15.0 Å². The van der Waals surface area contributed by atoms with Crippen LogP contribution in [0.15, 0.2) is 110 Å². The molecule has 0 saturated carbocycles. The van der Waals surface area contributed by atoms with Crippen LogP contribution in [0.2, 0.25) is 0 Å². The number of hydrogen-bond acceptors (Lipinski definition) is 4. The first-order valence-corrected chi connectivity index (χ1v) is 10.9. The van der Waals surface area contributed by atoms with Gasteiger partial charge in [0.25, 0.3) is 0 Å². The van der Waals surface area contributed by atoms with Crippen LogP contribution in [0.4, 0.5) is 0 Å². The molecule has 0 radical (unpaired) electrons. The summed E-state index contributed by atoms with van der Waals surface area (Å²) in [4.78, 5) is 14.3. The second kappa shape index (κ2) is 9.32. The molecule has 160 valence electrons. The van der Waals surface area contributed by atoms with Crippen molar-refractivity contribution in [2.24, 2.45) is 0 Å². The number of hydrogen-bond donors (Lipinski definition) is 0. The molecule has 0 unspecified atom stereocenters. The van der Waals surface area contributed by atoms with Crippen LogP contribution >= 0.6 is 0 Å². The molecule has 0 aliphatic heterocycles. The first-order valence-electron chi connectivity index (χ1n) is 10.9. The van der Waals surface area contributed by atoms with Crippen molar-refractivity contribution < 1.29 is 0 Å². The Kier molecular flexibility index (Phi) is 5.75. The average Bonchev–Trinajstić information content (AvgIpc) is 2.93. The lowest BCUT2D eigenvalue weighted by Crippen LogP contribution is -2.00. The molecular formula is C30H20N4. The summed E-state index contributed by atoms with van der Waals surface area (Å²) >= 11 is 0. The van der Waals surface area contributed by atoms with Crippen molar-refractivity contribution in [3.63, 3.8) is 0 Å². The third-order valence-corrected chi connectivity index (χ3v) is 5.57. The van der Waals surface area contributed by atoms with E-state index in [4.69, 9.17) is 15.0 Å². The predicted octanol–water partition coefficient (Wildman–Crippen LogP) is 7.05. The SMILES string of the molecule is C=Cc1cc(-c2nc(-c3ccccc3)nc(-c3ccc(-c4ccccc4)cc3)n2)ccc1C#N. The minimum Gasteiger partial charge on any atom is -0.208 e. The van der Waals surface area contributed by atoms with Crippen LogP contribution in [0, 0.1) is 11.3 Å². The van der Waals surface area contributed by atoms with Gasteiger partial charge >= 0.3 is 0 Å². The van der Waals surface area contributed by atoms with Crippen molar-refractivity contribution in [1.82, 2.24) is 15.0 Å². The maximum Gasteiger partial charge on any atom is 0.164 e. The highest BCUT2D eigenvalue weighted by Gasteiger charge is 2.13. The molecule has 0 atom stereocenters. The van der Waals surface area contributed by atoms with Crippen LogP contribution in [0.5, 0.6) is 0 Å².